The van der Waals surface area contributed by atoms with E-state index in [-0.39, 0.29) is 0 Å². The summed E-state index contributed by atoms with van der Waals surface area (Å²) < 4.78 is 5.43. The molecule has 0 amide bonds. The zero-order valence-electron chi connectivity index (χ0n) is 13.3. The predicted octanol–water partition coefficient (Wildman–Crippen LogP) is 4.05. The fraction of sp³-hybridized carbons (Fsp3) is 0.250. The maximum absolute atomic E-state index is 5.43. The van der Waals surface area contributed by atoms with Crippen molar-refractivity contribution in [3.8, 4) is 11.3 Å². The second-order valence-electron chi connectivity index (χ2n) is 5.99. The number of morpholine rings is 1. The molecular formula is C20H20N2O. The van der Waals surface area contributed by atoms with Gasteiger partial charge in [-0.1, -0.05) is 42.5 Å². The molecule has 0 radical (unpaired) electrons. The van der Waals surface area contributed by atoms with Gasteiger partial charge in [0.15, 0.2) is 0 Å². The summed E-state index contributed by atoms with van der Waals surface area (Å²) in [6, 6.07) is 17.1. The molecule has 3 heteroatoms. The van der Waals surface area contributed by atoms with E-state index in [2.05, 4.69) is 60.4 Å². The van der Waals surface area contributed by atoms with Crippen LogP contribution in [0.1, 0.15) is 5.56 Å². The molecule has 1 aliphatic rings. The first kappa shape index (κ1) is 14.2. The van der Waals surface area contributed by atoms with Crippen molar-refractivity contribution >= 4 is 16.5 Å². The van der Waals surface area contributed by atoms with Crippen molar-refractivity contribution < 1.29 is 4.74 Å². The molecule has 23 heavy (non-hydrogen) atoms. The molecule has 0 saturated carbocycles. The van der Waals surface area contributed by atoms with E-state index >= 15 is 0 Å². The van der Waals surface area contributed by atoms with Gasteiger partial charge in [-0.15, -0.1) is 0 Å². The maximum atomic E-state index is 5.43. The molecule has 116 valence electrons. The minimum atomic E-state index is 0.796. The van der Waals surface area contributed by atoms with Crippen molar-refractivity contribution in [1.29, 1.82) is 0 Å². The van der Waals surface area contributed by atoms with E-state index < -0.39 is 0 Å². The molecule has 0 spiro atoms. The SMILES string of the molecule is Cc1cc(N2CCOCC2)cnc1-c1cccc2ccccc12. The van der Waals surface area contributed by atoms with Crippen molar-refractivity contribution in [3.63, 3.8) is 0 Å². The average Bonchev–Trinajstić information content (AvgIpc) is 2.62. The molecule has 0 N–H and O–H groups in total. The fourth-order valence-corrected chi connectivity index (χ4v) is 3.27. The Balaban J connectivity index is 1.76. The van der Waals surface area contributed by atoms with Crippen molar-refractivity contribution in [1.82, 2.24) is 4.98 Å². The summed E-state index contributed by atoms with van der Waals surface area (Å²) in [6.45, 7) is 5.62. The topological polar surface area (TPSA) is 25.4 Å². The lowest BCUT2D eigenvalue weighted by Crippen LogP contribution is -2.36. The van der Waals surface area contributed by atoms with Gasteiger partial charge in [-0.05, 0) is 29.3 Å². The summed E-state index contributed by atoms with van der Waals surface area (Å²) >= 11 is 0. The van der Waals surface area contributed by atoms with Gasteiger partial charge < -0.3 is 9.64 Å². The van der Waals surface area contributed by atoms with Crippen molar-refractivity contribution in [3.05, 3.63) is 60.3 Å². The van der Waals surface area contributed by atoms with Crippen LogP contribution in [0.25, 0.3) is 22.0 Å². The number of anilines is 1. The number of hydrogen-bond acceptors (Lipinski definition) is 3. The third-order valence-electron chi connectivity index (χ3n) is 4.48. The predicted molar refractivity (Wildman–Crippen MR) is 94.9 cm³/mol. The van der Waals surface area contributed by atoms with E-state index in [0.29, 0.717) is 0 Å². The van der Waals surface area contributed by atoms with Crippen LogP contribution in [0.2, 0.25) is 0 Å². The van der Waals surface area contributed by atoms with E-state index in [0.717, 1.165) is 32.0 Å². The number of aryl methyl sites for hydroxylation is 1. The molecule has 0 bridgehead atoms. The molecule has 1 fully saturated rings. The van der Waals surface area contributed by atoms with Crippen LogP contribution in [0.4, 0.5) is 5.69 Å². The molecular weight excluding hydrogens is 284 g/mol. The Bertz CT molecular complexity index is 833. The highest BCUT2D eigenvalue weighted by molar-refractivity contribution is 5.96. The summed E-state index contributed by atoms with van der Waals surface area (Å²) in [7, 11) is 0. The monoisotopic (exact) mass is 304 g/mol. The Hall–Kier alpha value is -2.39. The quantitative estimate of drug-likeness (QED) is 0.714. The number of benzene rings is 2. The number of hydrogen-bond donors (Lipinski definition) is 0. The maximum Gasteiger partial charge on any atom is 0.0738 e. The molecule has 3 aromatic rings. The second-order valence-corrected chi connectivity index (χ2v) is 5.99. The number of pyridine rings is 1. The third kappa shape index (κ3) is 2.68. The van der Waals surface area contributed by atoms with E-state index in [1.165, 1.54) is 27.6 Å². The molecule has 0 unspecified atom stereocenters. The molecule has 0 aliphatic carbocycles. The van der Waals surface area contributed by atoms with Crippen LogP contribution in [0.3, 0.4) is 0 Å². The number of aromatic nitrogens is 1. The molecule has 3 nitrogen and oxygen atoms in total. The van der Waals surface area contributed by atoms with Gasteiger partial charge in [0.1, 0.15) is 0 Å². The zero-order valence-corrected chi connectivity index (χ0v) is 13.3. The Labute approximate surface area is 136 Å². The van der Waals surface area contributed by atoms with Gasteiger partial charge in [-0.25, -0.2) is 0 Å². The highest BCUT2D eigenvalue weighted by Crippen LogP contribution is 2.31. The number of ether oxygens (including phenoxy) is 1. The second kappa shape index (κ2) is 6.01. The zero-order chi connectivity index (χ0) is 15.6. The van der Waals surface area contributed by atoms with Crippen molar-refractivity contribution in [2.45, 2.75) is 6.92 Å². The molecule has 1 aromatic heterocycles. The van der Waals surface area contributed by atoms with Crippen LogP contribution >= 0.6 is 0 Å². The van der Waals surface area contributed by atoms with Gasteiger partial charge in [0, 0.05) is 18.7 Å². The number of fused-ring (bicyclic) bond motifs is 1. The molecule has 4 rings (SSSR count). The Morgan fingerprint density at radius 3 is 2.61 bits per heavy atom. The van der Waals surface area contributed by atoms with Gasteiger partial charge in [0.2, 0.25) is 0 Å². The smallest absolute Gasteiger partial charge is 0.0738 e. The summed E-state index contributed by atoms with van der Waals surface area (Å²) in [4.78, 5) is 7.13. The summed E-state index contributed by atoms with van der Waals surface area (Å²) in [5.74, 6) is 0. The lowest BCUT2D eigenvalue weighted by atomic mass is 9.99. The van der Waals surface area contributed by atoms with Crippen LogP contribution in [-0.4, -0.2) is 31.3 Å². The van der Waals surface area contributed by atoms with Gasteiger partial charge in [0.25, 0.3) is 0 Å². The van der Waals surface area contributed by atoms with Gasteiger partial charge in [-0.3, -0.25) is 4.98 Å². The summed E-state index contributed by atoms with van der Waals surface area (Å²) in [5, 5.41) is 2.51. The first-order valence-corrected chi connectivity index (χ1v) is 8.10. The van der Waals surface area contributed by atoms with Crippen LogP contribution in [-0.2, 0) is 4.74 Å². The molecule has 0 atom stereocenters. The van der Waals surface area contributed by atoms with Crippen LogP contribution in [0.15, 0.2) is 54.7 Å². The van der Waals surface area contributed by atoms with E-state index in [4.69, 9.17) is 9.72 Å². The number of rotatable bonds is 2. The summed E-state index contributed by atoms with van der Waals surface area (Å²) in [5.41, 5.74) is 4.67. The Morgan fingerprint density at radius 2 is 1.78 bits per heavy atom. The lowest BCUT2D eigenvalue weighted by Gasteiger charge is -2.29. The van der Waals surface area contributed by atoms with Crippen molar-refractivity contribution in [2.75, 3.05) is 31.2 Å². The molecule has 1 aliphatic heterocycles. The average molecular weight is 304 g/mol. The van der Waals surface area contributed by atoms with Gasteiger partial charge in [-0.2, -0.15) is 0 Å². The first-order valence-electron chi connectivity index (χ1n) is 8.10. The number of nitrogens with zero attached hydrogens (tertiary/aromatic N) is 2. The third-order valence-corrected chi connectivity index (χ3v) is 4.48. The highest BCUT2D eigenvalue weighted by Gasteiger charge is 2.14. The fourth-order valence-electron chi connectivity index (χ4n) is 3.27. The van der Waals surface area contributed by atoms with E-state index in [1.54, 1.807) is 0 Å². The van der Waals surface area contributed by atoms with Gasteiger partial charge >= 0.3 is 0 Å². The summed E-state index contributed by atoms with van der Waals surface area (Å²) in [6.07, 6.45) is 2.00. The van der Waals surface area contributed by atoms with Crippen LogP contribution < -0.4 is 4.90 Å². The normalized spacial score (nSPS) is 15.1. The molecule has 1 saturated heterocycles. The lowest BCUT2D eigenvalue weighted by molar-refractivity contribution is 0.122. The Morgan fingerprint density at radius 1 is 1.00 bits per heavy atom. The standard InChI is InChI=1S/C20H20N2O/c1-15-13-17(22-9-11-23-12-10-22)14-21-20(15)19-8-4-6-16-5-2-3-7-18(16)19/h2-8,13-14H,9-12H2,1H3. The van der Waals surface area contributed by atoms with Gasteiger partial charge in [0.05, 0.1) is 30.8 Å². The molecule has 2 aromatic carbocycles. The molecule has 2 heterocycles. The van der Waals surface area contributed by atoms with E-state index in [9.17, 15) is 0 Å². The Kier molecular flexibility index (Phi) is 3.72. The van der Waals surface area contributed by atoms with Crippen LogP contribution in [0, 0.1) is 6.92 Å². The van der Waals surface area contributed by atoms with Crippen LogP contribution in [0.5, 0.6) is 0 Å². The highest BCUT2D eigenvalue weighted by atomic mass is 16.5. The van der Waals surface area contributed by atoms with Crippen molar-refractivity contribution in [2.24, 2.45) is 0 Å². The minimum absolute atomic E-state index is 0.796. The first-order chi connectivity index (χ1) is 11.3. The minimum Gasteiger partial charge on any atom is -0.378 e. The van der Waals surface area contributed by atoms with E-state index in [1.807, 2.05) is 6.20 Å². The largest absolute Gasteiger partial charge is 0.378 e.